The van der Waals surface area contributed by atoms with Crippen molar-refractivity contribution >= 4 is 28.2 Å². The zero-order valence-corrected chi connectivity index (χ0v) is 19.9. The van der Waals surface area contributed by atoms with Crippen LogP contribution in [-0.2, 0) is 28.9 Å². The summed E-state index contributed by atoms with van der Waals surface area (Å²) in [6.07, 6.45) is 4.08. The van der Waals surface area contributed by atoms with Gasteiger partial charge in [0.15, 0.2) is 0 Å². The quantitative estimate of drug-likeness (QED) is 0.643. The smallest absolute Gasteiger partial charge is 0.341 e. The molecular weight excluding hydrogens is 422 g/mol. The van der Waals surface area contributed by atoms with E-state index in [0.29, 0.717) is 23.7 Å². The second-order valence-electron chi connectivity index (χ2n) is 8.72. The van der Waals surface area contributed by atoms with Gasteiger partial charge in [-0.15, -0.1) is 11.3 Å². The number of hydrogen-bond acceptors (Lipinski definition) is 6. The van der Waals surface area contributed by atoms with Crippen LogP contribution in [0.3, 0.4) is 0 Å². The van der Waals surface area contributed by atoms with Crippen molar-refractivity contribution in [1.82, 2.24) is 9.80 Å². The van der Waals surface area contributed by atoms with E-state index in [-0.39, 0.29) is 11.9 Å². The van der Waals surface area contributed by atoms with Gasteiger partial charge < -0.3 is 10.1 Å². The molecule has 6 nitrogen and oxygen atoms in total. The molecule has 1 aromatic carbocycles. The van der Waals surface area contributed by atoms with E-state index in [0.717, 1.165) is 64.0 Å². The number of benzene rings is 1. The predicted octanol–water partition coefficient (Wildman–Crippen LogP) is 3.87. The van der Waals surface area contributed by atoms with Gasteiger partial charge >= 0.3 is 5.97 Å². The van der Waals surface area contributed by atoms with Gasteiger partial charge in [0.25, 0.3) is 0 Å². The van der Waals surface area contributed by atoms with Crippen LogP contribution in [-0.4, -0.2) is 61.0 Å². The molecule has 2 aliphatic rings. The highest BCUT2D eigenvalue weighted by Gasteiger charge is 2.28. The number of fused-ring (bicyclic) bond motifs is 1. The van der Waals surface area contributed by atoms with Gasteiger partial charge in [-0.2, -0.15) is 0 Å². The third-order valence-corrected chi connectivity index (χ3v) is 7.47. The standard InChI is InChI=1S/C25H33N3O3S/c1-3-31-25(30)23-20-6-4-5-7-21(20)32-24(23)26-22(29)17-28-14-12-27(13-15-28)16-19-10-8-18(2)9-11-19/h8-11H,3-7,12-17H2,1-2H3,(H,26,29). The Kier molecular flexibility index (Phi) is 7.60. The summed E-state index contributed by atoms with van der Waals surface area (Å²) in [5, 5.41) is 3.70. The maximum Gasteiger partial charge on any atom is 0.341 e. The number of ether oxygens (including phenoxy) is 1. The summed E-state index contributed by atoms with van der Waals surface area (Å²) in [6.45, 7) is 9.18. The monoisotopic (exact) mass is 455 g/mol. The van der Waals surface area contributed by atoms with Crippen LogP contribution in [0.5, 0.6) is 0 Å². The number of rotatable bonds is 7. The Balaban J connectivity index is 1.32. The number of aryl methyl sites for hydroxylation is 2. The molecule has 1 aliphatic carbocycles. The topological polar surface area (TPSA) is 61.9 Å². The molecule has 0 atom stereocenters. The number of nitrogens with one attached hydrogen (secondary N) is 1. The average molecular weight is 456 g/mol. The summed E-state index contributed by atoms with van der Waals surface area (Å²) in [7, 11) is 0. The molecule has 2 heterocycles. The predicted molar refractivity (Wildman–Crippen MR) is 128 cm³/mol. The number of amides is 1. The largest absolute Gasteiger partial charge is 0.462 e. The van der Waals surface area contributed by atoms with Gasteiger partial charge in [-0.3, -0.25) is 14.6 Å². The second-order valence-corrected chi connectivity index (χ2v) is 9.83. The molecule has 7 heteroatoms. The van der Waals surface area contributed by atoms with Crippen molar-refractivity contribution in [2.75, 3.05) is 44.6 Å². The van der Waals surface area contributed by atoms with E-state index in [1.54, 1.807) is 11.3 Å². The molecule has 32 heavy (non-hydrogen) atoms. The Morgan fingerprint density at radius 3 is 2.44 bits per heavy atom. The minimum absolute atomic E-state index is 0.0545. The molecule has 172 valence electrons. The fourth-order valence-corrected chi connectivity index (χ4v) is 5.79. The van der Waals surface area contributed by atoms with Crippen molar-refractivity contribution in [2.24, 2.45) is 0 Å². The molecule has 0 saturated carbocycles. The van der Waals surface area contributed by atoms with Crippen molar-refractivity contribution in [3.8, 4) is 0 Å². The van der Waals surface area contributed by atoms with E-state index >= 15 is 0 Å². The molecule has 4 rings (SSSR count). The van der Waals surface area contributed by atoms with E-state index < -0.39 is 0 Å². The molecular formula is C25H33N3O3S. The number of anilines is 1. The Hall–Kier alpha value is -2.22. The Morgan fingerprint density at radius 1 is 1.03 bits per heavy atom. The van der Waals surface area contributed by atoms with Crippen LogP contribution < -0.4 is 5.32 Å². The first-order valence-corrected chi connectivity index (χ1v) is 12.5. The summed E-state index contributed by atoms with van der Waals surface area (Å²) >= 11 is 1.55. The van der Waals surface area contributed by atoms with Gasteiger partial charge in [0, 0.05) is 37.6 Å². The molecule has 1 N–H and O–H groups in total. The third kappa shape index (κ3) is 5.57. The molecule has 1 amide bonds. The molecule has 0 radical (unpaired) electrons. The van der Waals surface area contributed by atoms with E-state index in [1.807, 2.05) is 6.92 Å². The van der Waals surface area contributed by atoms with Crippen LogP contribution in [0.15, 0.2) is 24.3 Å². The molecule has 2 aromatic rings. The van der Waals surface area contributed by atoms with Crippen LogP contribution in [0.1, 0.15) is 51.7 Å². The van der Waals surface area contributed by atoms with Crippen LogP contribution in [0.2, 0.25) is 0 Å². The molecule has 0 bridgehead atoms. The summed E-state index contributed by atoms with van der Waals surface area (Å²) < 4.78 is 5.29. The van der Waals surface area contributed by atoms with Gasteiger partial charge in [0.05, 0.1) is 18.7 Å². The number of nitrogens with zero attached hydrogens (tertiary/aromatic N) is 2. The number of hydrogen-bond donors (Lipinski definition) is 1. The summed E-state index contributed by atoms with van der Waals surface area (Å²) in [4.78, 5) is 31.3. The number of thiophene rings is 1. The lowest BCUT2D eigenvalue weighted by atomic mass is 9.95. The number of esters is 1. The van der Waals surface area contributed by atoms with Crippen LogP contribution in [0, 0.1) is 6.92 Å². The van der Waals surface area contributed by atoms with Gasteiger partial charge in [-0.05, 0) is 50.7 Å². The highest BCUT2D eigenvalue weighted by atomic mass is 32.1. The maximum atomic E-state index is 12.8. The number of piperazine rings is 1. The van der Waals surface area contributed by atoms with E-state index in [4.69, 9.17) is 4.74 Å². The lowest BCUT2D eigenvalue weighted by molar-refractivity contribution is -0.117. The molecule has 1 aromatic heterocycles. The molecule has 1 fully saturated rings. The number of carbonyl (C=O) groups is 2. The lowest BCUT2D eigenvalue weighted by Gasteiger charge is -2.34. The van der Waals surface area contributed by atoms with Gasteiger partial charge in [0.1, 0.15) is 5.00 Å². The first-order chi connectivity index (χ1) is 15.5. The fraction of sp³-hybridized carbons (Fsp3) is 0.520. The minimum atomic E-state index is -0.313. The zero-order valence-electron chi connectivity index (χ0n) is 19.1. The van der Waals surface area contributed by atoms with Crippen LogP contribution >= 0.6 is 11.3 Å². The van der Waals surface area contributed by atoms with Crippen molar-refractivity contribution < 1.29 is 14.3 Å². The highest BCUT2D eigenvalue weighted by molar-refractivity contribution is 7.17. The average Bonchev–Trinajstić information content (AvgIpc) is 3.14. The normalized spacial score (nSPS) is 17.1. The Bertz CT molecular complexity index is 946. The van der Waals surface area contributed by atoms with E-state index in [9.17, 15) is 9.59 Å². The second kappa shape index (κ2) is 10.6. The van der Waals surface area contributed by atoms with Crippen molar-refractivity contribution in [3.63, 3.8) is 0 Å². The first-order valence-electron chi connectivity index (χ1n) is 11.6. The van der Waals surface area contributed by atoms with Crippen molar-refractivity contribution in [2.45, 2.75) is 46.1 Å². The van der Waals surface area contributed by atoms with Crippen LogP contribution in [0.4, 0.5) is 5.00 Å². The molecule has 0 unspecified atom stereocenters. The summed E-state index contributed by atoms with van der Waals surface area (Å²) in [5.74, 6) is -0.368. The van der Waals surface area contributed by atoms with Crippen molar-refractivity contribution in [3.05, 3.63) is 51.4 Å². The molecule has 0 spiro atoms. The van der Waals surface area contributed by atoms with Gasteiger partial charge in [0.2, 0.25) is 5.91 Å². The van der Waals surface area contributed by atoms with Crippen molar-refractivity contribution in [1.29, 1.82) is 0 Å². The highest BCUT2D eigenvalue weighted by Crippen LogP contribution is 2.38. The minimum Gasteiger partial charge on any atom is -0.462 e. The maximum absolute atomic E-state index is 12.8. The zero-order chi connectivity index (χ0) is 22.5. The Morgan fingerprint density at radius 2 is 1.72 bits per heavy atom. The SMILES string of the molecule is CCOC(=O)c1c(NC(=O)CN2CCN(Cc3ccc(C)cc3)CC2)sc2c1CCCC2. The Labute approximate surface area is 194 Å². The third-order valence-electron chi connectivity index (χ3n) is 6.26. The summed E-state index contributed by atoms with van der Waals surface area (Å²) in [6, 6.07) is 8.69. The van der Waals surface area contributed by atoms with E-state index in [1.165, 1.54) is 16.0 Å². The molecule has 1 aliphatic heterocycles. The van der Waals surface area contributed by atoms with Crippen LogP contribution in [0.25, 0.3) is 0 Å². The van der Waals surface area contributed by atoms with Gasteiger partial charge in [-0.1, -0.05) is 29.8 Å². The van der Waals surface area contributed by atoms with E-state index in [2.05, 4.69) is 46.3 Å². The lowest BCUT2D eigenvalue weighted by Crippen LogP contribution is -2.48. The fourth-order valence-electron chi connectivity index (χ4n) is 4.50. The van der Waals surface area contributed by atoms with Gasteiger partial charge in [-0.25, -0.2) is 4.79 Å². The molecule has 1 saturated heterocycles. The summed E-state index contributed by atoms with van der Waals surface area (Å²) in [5.41, 5.74) is 4.28. The first kappa shape index (κ1) is 23.0. The number of carbonyl (C=O) groups excluding carboxylic acids is 2.